The predicted octanol–water partition coefficient (Wildman–Crippen LogP) is 2.03. The minimum absolute atomic E-state index is 0.230. The summed E-state index contributed by atoms with van der Waals surface area (Å²) in [7, 11) is 0. The quantitative estimate of drug-likeness (QED) is 0.855. The largest absolute Gasteiger partial charge is 0.375 e. The van der Waals surface area contributed by atoms with E-state index in [-0.39, 0.29) is 6.10 Å². The lowest BCUT2D eigenvalue weighted by atomic mass is 10.1. The number of nitriles is 1. The first-order chi connectivity index (χ1) is 10.8. The Balaban J connectivity index is 1.65. The van der Waals surface area contributed by atoms with Crippen LogP contribution in [-0.4, -0.2) is 55.3 Å². The number of pyridine rings is 1. The smallest absolute Gasteiger partial charge is 0.129 e. The van der Waals surface area contributed by atoms with Gasteiger partial charge in [-0.1, -0.05) is 6.42 Å². The fourth-order valence-corrected chi connectivity index (χ4v) is 3.30. The van der Waals surface area contributed by atoms with E-state index in [0.717, 1.165) is 38.5 Å². The standard InChI is InChI=1S/C17H24N4O/c18-12-15-5-6-19-17(11-15)21-9-4-10-22-16(14-21)13-20-7-2-1-3-8-20/h5-6,11,16H,1-4,7-10,13-14H2. The van der Waals surface area contributed by atoms with Gasteiger partial charge >= 0.3 is 0 Å². The van der Waals surface area contributed by atoms with Crippen LogP contribution < -0.4 is 4.90 Å². The molecule has 3 heterocycles. The lowest BCUT2D eigenvalue weighted by Gasteiger charge is -2.31. The molecule has 0 radical (unpaired) electrons. The normalized spacial score (nSPS) is 23.8. The van der Waals surface area contributed by atoms with Crippen LogP contribution in [0.15, 0.2) is 18.3 Å². The lowest BCUT2D eigenvalue weighted by molar-refractivity contribution is 0.0350. The molecule has 118 valence electrons. The van der Waals surface area contributed by atoms with Crippen LogP contribution in [0.1, 0.15) is 31.2 Å². The van der Waals surface area contributed by atoms with Crippen LogP contribution >= 0.6 is 0 Å². The fourth-order valence-electron chi connectivity index (χ4n) is 3.30. The first kappa shape index (κ1) is 15.3. The molecule has 0 aliphatic carbocycles. The van der Waals surface area contributed by atoms with E-state index in [2.05, 4.69) is 20.9 Å². The molecule has 1 aromatic rings. The number of anilines is 1. The second-order valence-electron chi connectivity index (χ2n) is 6.17. The highest BCUT2D eigenvalue weighted by Crippen LogP contribution is 2.18. The molecular weight excluding hydrogens is 276 g/mol. The highest BCUT2D eigenvalue weighted by atomic mass is 16.5. The zero-order valence-electron chi connectivity index (χ0n) is 13.1. The highest BCUT2D eigenvalue weighted by Gasteiger charge is 2.23. The Hall–Kier alpha value is -1.64. The van der Waals surface area contributed by atoms with Crippen molar-refractivity contribution in [1.82, 2.24) is 9.88 Å². The molecule has 0 saturated carbocycles. The van der Waals surface area contributed by atoms with Gasteiger partial charge in [0.25, 0.3) is 0 Å². The Morgan fingerprint density at radius 2 is 2.09 bits per heavy atom. The molecule has 0 N–H and O–H groups in total. The number of nitrogens with zero attached hydrogens (tertiary/aromatic N) is 4. The van der Waals surface area contributed by atoms with Gasteiger partial charge in [-0.3, -0.25) is 0 Å². The van der Waals surface area contributed by atoms with Crippen molar-refractivity contribution < 1.29 is 4.74 Å². The Bertz CT molecular complexity index is 522. The van der Waals surface area contributed by atoms with Gasteiger partial charge in [-0.2, -0.15) is 5.26 Å². The molecule has 0 spiro atoms. The second kappa shape index (κ2) is 7.57. The molecule has 5 heteroatoms. The SMILES string of the molecule is N#Cc1ccnc(N2CCCOC(CN3CCCCC3)C2)c1. The van der Waals surface area contributed by atoms with Gasteiger partial charge < -0.3 is 14.5 Å². The summed E-state index contributed by atoms with van der Waals surface area (Å²) in [6, 6.07) is 5.82. The summed E-state index contributed by atoms with van der Waals surface area (Å²) >= 11 is 0. The third kappa shape index (κ3) is 3.96. The molecule has 3 rings (SSSR count). The predicted molar refractivity (Wildman–Crippen MR) is 85.8 cm³/mol. The number of likely N-dealkylation sites (tertiary alicyclic amines) is 1. The molecule has 0 amide bonds. The maximum Gasteiger partial charge on any atom is 0.129 e. The number of ether oxygens (including phenoxy) is 1. The van der Waals surface area contributed by atoms with Crippen molar-refractivity contribution in [3.63, 3.8) is 0 Å². The molecule has 2 aliphatic heterocycles. The number of piperidine rings is 1. The first-order valence-electron chi connectivity index (χ1n) is 8.30. The van der Waals surface area contributed by atoms with Crippen LogP contribution in [0.5, 0.6) is 0 Å². The summed E-state index contributed by atoms with van der Waals surface area (Å²) in [5.41, 5.74) is 0.669. The Morgan fingerprint density at radius 1 is 1.23 bits per heavy atom. The topological polar surface area (TPSA) is 52.4 Å². The summed E-state index contributed by atoms with van der Waals surface area (Å²) in [5, 5.41) is 9.06. The van der Waals surface area contributed by atoms with Crippen LogP contribution in [0.2, 0.25) is 0 Å². The average molecular weight is 300 g/mol. The second-order valence-corrected chi connectivity index (χ2v) is 6.17. The summed E-state index contributed by atoms with van der Waals surface area (Å²) in [5.74, 6) is 0.896. The minimum atomic E-state index is 0.230. The average Bonchev–Trinajstić information content (AvgIpc) is 2.81. The Labute approximate surface area is 132 Å². The van der Waals surface area contributed by atoms with Crippen molar-refractivity contribution in [3.8, 4) is 6.07 Å². The van der Waals surface area contributed by atoms with E-state index in [0.29, 0.717) is 5.56 Å². The van der Waals surface area contributed by atoms with Crippen molar-refractivity contribution in [3.05, 3.63) is 23.9 Å². The zero-order chi connectivity index (χ0) is 15.2. The van der Waals surface area contributed by atoms with Gasteiger partial charge in [0.15, 0.2) is 0 Å². The van der Waals surface area contributed by atoms with E-state index in [1.54, 1.807) is 12.3 Å². The molecule has 22 heavy (non-hydrogen) atoms. The summed E-state index contributed by atoms with van der Waals surface area (Å²) in [6.07, 6.45) is 6.94. The van der Waals surface area contributed by atoms with Gasteiger partial charge in [-0.25, -0.2) is 4.98 Å². The number of aromatic nitrogens is 1. The molecule has 1 aromatic heterocycles. The van der Waals surface area contributed by atoms with Crippen molar-refractivity contribution in [2.75, 3.05) is 44.2 Å². The molecule has 2 fully saturated rings. The van der Waals surface area contributed by atoms with E-state index < -0.39 is 0 Å². The summed E-state index contributed by atoms with van der Waals surface area (Å²) < 4.78 is 6.04. The highest BCUT2D eigenvalue weighted by molar-refractivity contribution is 5.45. The van der Waals surface area contributed by atoms with Crippen molar-refractivity contribution in [2.24, 2.45) is 0 Å². The molecule has 2 aliphatic rings. The van der Waals surface area contributed by atoms with E-state index in [9.17, 15) is 0 Å². The van der Waals surface area contributed by atoms with Gasteiger partial charge in [0, 0.05) is 32.4 Å². The fraction of sp³-hybridized carbons (Fsp3) is 0.647. The monoisotopic (exact) mass is 300 g/mol. The van der Waals surface area contributed by atoms with E-state index in [1.165, 1.54) is 32.4 Å². The van der Waals surface area contributed by atoms with Crippen molar-refractivity contribution in [2.45, 2.75) is 31.8 Å². The first-order valence-corrected chi connectivity index (χ1v) is 8.30. The third-order valence-electron chi connectivity index (χ3n) is 4.46. The Kier molecular flexibility index (Phi) is 5.25. The molecular formula is C17H24N4O. The number of hydrogen-bond acceptors (Lipinski definition) is 5. The molecule has 5 nitrogen and oxygen atoms in total. The minimum Gasteiger partial charge on any atom is -0.375 e. The lowest BCUT2D eigenvalue weighted by Crippen LogP contribution is -2.42. The van der Waals surface area contributed by atoms with Gasteiger partial charge in [-0.15, -0.1) is 0 Å². The van der Waals surface area contributed by atoms with Crippen LogP contribution in [0.3, 0.4) is 0 Å². The van der Waals surface area contributed by atoms with Gasteiger partial charge in [0.1, 0.15) is 5.82 Å². The van der Waals surface area contributed by atoms with Crippen molar-refractivity contribution in [1.29, 1.82) is 5.26 Å². The van der Waals surface area contributed by atoms with E-state index >= 15 is 0 Å². The summed E-state index contributed by atoms with van der Waals surface area (Å²) in [4.78, 5) is 9.23. The molecule has 0 aromatic carbocycles. The van der Waals surface area contributed by atoms with Crippen LogP contribution in [0.25, 0.3) is 0 Å². The van der Waals surface area contributed by atoms with Crippen molar-refractivity contribution >= 4 is 5.82 Å². The third-order valence-corrected chi connectivity index (χ3v) is 4.46. The number of hydrogen-bond donors (Lipinski definition) is 0. The van der Waals surface area contributed by atoms with E-state index in [1.807, 2.05) is 6.07 Å². The van der Waals surface area contributed by atoms with Crippen LogP contribution in [-0.2, 0) is 4.74 Å². The van der Waals surface area contributed by atoms with Crippen LogP contribution in [0.4, 0.5) is 5.82 Å². The number of rotatable bonds is 3. The maximum absolute atomic E-state index is 9.06. The molecule has 1 unspecified atom stereocenters. The van der Waals surface area contributed by atoms with Gasteiger partial charge in [0.2, 0.25) is 0 Å². The molecule has 1 atom stereocenters. The Morgan fingerprint density at radius 3 is 2.91 bits per heavy atom. The van der Waals surface area contributed by atoms with Gasteiger partial charge in [0.05, 0.1) is 17.7 Å². The molecule has 0 bridgehead atoms. The maximum atomic E-state index is 9.06. The van der Waals surface area contributed by atoms with E-state index in [4.69, 9.17) is 10.00 Å². The summed E-state index contributed by atoms with van der Waals surface area (Å²) in [6.45, 7) is 6.02. The zero-order valence-corrected chi connectivity index (χ0v) is 13.1. The molecule has 2 saturated heterocycles. The van der Waals surface area contributed by atoms with Gasteiger partial charge in [-0.05, 0) is 44.5 Å². The van der Waals surface area contributed by atoms with Crippen LogP contribution in [0, 0.1) is 11.3 Å².